The number of hydrogen-bond donors (Lipinski definition) is 0. The predicted octanol–water partition coefficient (Wildman–Crippen LogP) is 2.89. The lowest BCUT2D eigenvalue weighted by Crippen LogP contribution is -2.04. The van der Waals surface area contributed by atoms with Gasteiger partial charge >= 0.3 is 5.97 Å². The topological polar surface area (TPSA) is 26.3 Å². The van der Waals surface area contributed by atoms with Gasteiger partial charge in [-0.25, -0.2) is 4.79 Å². The highest BCUT2D eigenvalue weighted by molar-refractivity contribution is 7.99. The van der Waals surface area contributed by atoms with Crippen molar-refractivity contribution in [1.82, 2.24) is 0 Å². The zero-order chi connectivity index (χ0) is 10.6. The van der Waals surface area contributed by atoms with Crippen molar-refractivity contribution in [2.75, 3.05) is 12.9 Å². The number of rotatable bonds is 3. The fraction of sp³-hybridized carbons (Fsp3) is 0.364. The van der Waals surface area contributed by atoms with Crippen LogP contribution in [-0.2, 0) is 4.74 Å². The molecule has 0 heterocycles. The molecule has 0 saturated carbocycles. The molecule has 3 heteroatoms. The van der Waals surface area contributed by atoms with E-state index >= 15 is 0 Å². The van der Waals surface area contributed by atoms with Gasteiger partial charge in [0.15, 0.2) is 0 Å². The van der Waals surface area contributed by atoms with E-state index < -0.39 is 0 Å². The van der Waals surface area contributed by atoms with Crippen molar-refractivity contribution in [3.05, 3.63) is 29.3 Å². The highest BCUT2D eigenvalue weighted by atomic mass is 32.2. The van der Waals surface area contributed by atoms with Gasteiger partial charge in [-0.1, -0.05) is 13.0 Å². The van der Waals surface area contributed by atoms with Gasteiger partial charge < -0.3 is 4.74 Å². The van der Waals surface area contributed by atoms with Crippen LogP contribution in [0.1, 0.15) is 22.8 Å². The van der Waals surface area contributed by atoms with E-state index in [1.54, 1.807) is 17.8 Å². The van der Waals surface area contributed by atoms with Gasteiger partial charge in [0.05, 0.1) is 12.7 Å². The van der Waals surface area contributed by atoms with Gasteiger partial charge in [-0.3, -0.25) is 0 Å². The summed E-state index contributed by atoms with van der Waals surface area (Å²) in [4.78, 5) is 12.5. The molecule has 1 rings (SSSR count). The average molecular weight is 210 g/mol. The van der Waals surface area contributed by atoms with Crippen LogP contribution in [0.25, 0.3) is 0 Å². The van der Waals surface area contributed by atoms with E-state index in [1.807, 2.05) is 19.1 Å². The number of carbonyl (C=O) groups excluding carboxylic acids is 1. The normalized spacial score (nSPS) is 9.93. The van der Waals surface area contributed by atoms with Crippen LogP contribution in [0.3, 0.4) is 0 Å². The molecular weight excluding hydrogens is 196 g/mol. The van der Waals surface area contributed by atoms with Crippen LogP contribution in [0.2, 0.25) is 0 Å². The van der Waals surface area contributed by atoms with Crippen molar-refractivity contribution in [2.45, 2.75) is 18.7 Å². The Bertz CT molecular complexity index is 334. The molecule has 76 valence electrons. The first-order valence-electron chi connectivity index (χ1n) is 4.51. The molecule has 0 amide bonds. The molecule has 0 aliphatic heterocycles. The van der Waals surface area contributed by atoms with Gasteiger partial charge in [0.2, 0.25) is 0 Å². The zero-order valence-electron chi connectivity index (χ0n) is 8.66. The van der Waals surface area contributed by atoms with E-state index in [9.17, 15) is 4.79 Å². The van der Waals surface area contributed by atoms with Crippen molar-refractivity contribution in [2.24, 2.45) is 0 Å². The van der Waals surface area contributed by atoms with Crippen LogP contribution in [0.5, 0.6) is 0 Å². The molecule has 0 atom stereocenters. The third-order valence-electron chi connectivity index (χ3n) is 1.99. The number of carbonyl (C=O) groups is 1. The summed E-state index contributed by atoms with van der Waals surface area (Å²) >= 11 is 1.74. The van der Waals surface area contributed by atoms with Crippen LogP contribution in [0.15, 0.2) is 23.1 Å². The van der Waals surface area contributed by atoms with Gasteiger partial charge in [0.25, 0.3) is 0 Å². The SMILES string of the molecule is CCSc1cccc(C(=O)OC)c1C. The first-order valence-corrected chi connectivity index (χ1v) is 5.50. The van der Waals surface area contributed by atoms with Crippen molar-refractivity contribution >= 4 is 17.7 Å². The highest BCUT2D eigenvalue weighted by Gasteiger charge is 2.11. The third kappa shape index (κ3) is 2.29. The fourth-order valence-electron chi connectivity index (χ4n) is 1.26. The van der Waals surface area contributed by atoms with E-state index in [0.29, 0.717) is 5.56 Å². The summed E-state index contributed by atoms with van der Waals surface area (Å²) in [5, 5.41) is 0. The van der Waals surface area contributed by atoms with Crippen LogP contribution >= 0.6 is 11.8 Å². The molecule has 0 aliphatic carbocycles. The maximum absolute atomic E-state index is 11.4. The summed E-state index contributed by atoms with van der Waals surface area (Å²) in [5.74, 6) is 0.743. The minimum atomic E-state index is -0.263. The molecule has 0 N–H and O–H groups in total. The van der Waals surface area contributed by atoms with Crippen LogP contribution in [0, 0.1) is 6.92 Å². The van der Waals surface area contributed by atoms with E-state index in [0.717, 1.165) is 16.2 Å². The first kappa shape index (κ1) is 11.1. The zero-order valence-corrected chi connectivity index (χ0v) is 9.48. The molecule has 14 heavy (non-hydrogen) atoms. The summed E-state index contributed by atoms with van der Waals surface area (Å²) < 4.78 is 4.70. The average Bonchev–Trinajstić information content (AvgIpc) is 2.20. The lowest BCUT2D eigenvalue weighted by molar-refractivity contribution is 0.0599. The Kier molecular flexibility index (Phi) is 4.01. The monoisotopic (exact) mass is 210 g/mol. The first-order chi connectivity index (χ1) is 6.70. The highest BCUT2D eigenvalue weighted by Crippen LogP contribution is 2.24. The maximum atomic E-state index is 11.4. The number of ether oxygens (including phenoxy) is 1. The van der Waals surface area contributed by atoms with Gasteiger partial charge in [-0.15, -0.1) is 11.8 Å². The Balaban J connectivity index is 3.07. The Morgan fingerprint density at radius 3 is 2.79 bits per heavy atom. The Morgan fingerprint density at radius 1 is 1.50 bits per heavy atom. The smallest absolute Gasteiger partial charge is 0.338 e. The molecule has 0 fully saturated rings. The fourth-order valence-corrected chi connectivity index (χ4v) is 2.07. The maximum Gasteiger partial charge on any atom is 0.338 e. The quantitative estimate of drug-likeness (QED) is 0.567. The molecule has 1 aromatic rings. The van der Waals surface area contributed by atoms with E-state index in [4.69, 9.17) is 4.74 Å². The van der Waals surface area contributed by atoms with Crippen LogP contribution in [-0.4, -0.2) is 18.8 Å². The Morgan fingerprint density at radius 2 is 2.21 bits per heavy atom. The summed E-state index contributed by atoms with van der Waals surface area (Å²) in [7, 11) is 1.40. The molecule has 0 aliphatic rings. The van der Waals surface area contributed by atoms with Crippen molar-refractivity contribution in [3.63, 3.8) is 0 Å². The van der Waals surface area contributed by atoms with Crippen LogP contribution < -0.4 is 0 Å². The minimum Gasteiger partial charge on any atom is -0.465 e. The lowest BCUT2D eigenvalue weighted by atomic mass is 10.1. The third-order valence-corrected chi connectivity index (χ3v) is 3.03. The second-order valence-corrected chi connectivity index (χ2v) is 4.16. The second kappa shape index (κ2) is 5.05. The standard InChI is InChI=1S/C11H14O2S/c1-4-14-10-7-5-6-9(8(10)2)11(12)13-3/h5-7H,4H2,1-3H3. The molecule has 0 bridgehead atoms. The van der Waals surface area contributed by atoms with Gasteiger partial charge in [-0.05, 0) is 30.4 Å². The molecule has 0 spiro atoms. The number of hydrogen-bond acceptors (Lipinski definition) is 3. The molecule has 2 nitrogen and oxygen atoms in total. The number of benzene rings is 1. The number of thioether (sulfide) groups is 1. The minimum absolute atomic E-state index is 0.263. The summed E-state index contributed by atoms with van der Waals surface area (Å²) in [6.45, 7) is 4.04. The molecular formula is C11H14O2S. The van der Waals surface area contributed by atoms with E-state index in [-0.39, 0.29) is 5.97 Å². The van der Waals surface area contributed by atoms with Crippen molar-refractivity contribution in [1.29, 1.82) is 0 Å². The number of methoxy groups -OCH3 is 1. The summed E-state index contributed by atoms with van der Waals surface area (Å²) in [6.07, 6.45) is 0. The van der Waals surface area contributed by atoms with Gasteiger partial charge in [0.1, 0.15) is 0 Å². The van der Waals surface area contributed by atoms with Crippen LogP contribution in [0.4, 0.5) is 0 Å². The molecule has 1 aromatic carbocycles. The van der Waals surface area contributed by atoms with Gasteiger partial charge in [0, 0.05) is 4.90 Å². The number of esters is 1. The van der Waals surface area contributed by atoms with E-state index in [1.165, 1.54) is 7.11 Å². The summed E-state index contributed by atoms with van der Waals surface area (Å²) in [6, 6.07) is 5.70. The molecule has 0 aromatic heterocycles. The molecule has 0 unspecified atom stereocenters. The van der Waals surface area contributed by atoms with Gasteiger partial charge in [-0.2, -0.15) is 0 Å². The largest absolute Gasteiger partial charge is 0.465 e. The molecule has 0 saturated heterocycles. The van der Waals surface area contributed by atoms with E-state index in [2.05, 4.69) is 6.92 Å². The second-order valence-electron chi connectivity index (χ2n) is 2.85. The Hall–Kier alpha value is -0.960. The molecule has 0 radical (unpaired) electrons. The Labute approximate surface area is 88.7 Å². The predicted molar refractivity (Wildman–Crippen MR) is 58.9 cm³/mol. The summed E-state index contributed by atoms with van der Waals surface area (Å²) in [5.41, 5.74) is 1.66. The lowest BCUT2D eigenvalue weighted by Gasteiger charge is -2.08. The van der Waals surface area contributed by atoms with Crippen molar-refractivity contribution < 1.29 is 9.53 Å². The van der Waals surface area contributed by atoms with Crippen molar-refractivity contribution in [3.8, 4) is 0 Å².